The number of nitrogens with zero attached hydrogens (tertiary/aromatic N) is 1. The molecule has 0 spiro atoms. The number of carboxylic acids is 1. The number of benzene rings is 1. The van der Waals surface area contributed by atoms with Crippen LogP contribution in [0.4, 0.5) is 0 Å². The number of carboxylic acid groups (broad SMARTS) is 1. The molecule has 1 saturated heterocycles. The van der Waals surface area contributed by atoms with E-state index < -0.39 is 23.3 Å². The number of amides is 2. The van der Waals surface area contributed by atoms with E-state index in [-0.39, 0.29) is 23.8 Å². The summed E-state index contributed by atoms with van der Waals surface area (Å²) in [5.74, 6) is -1.30. The monoisotopic (exact) mass is 374 g/mol. The molecule has 0 saturated carbocycles. The lowest BCUT2D eigenvalue weighted by Crippen LogP contribution is -2.70. The van der Waals surface area contributed by atoms with E-state index in [0.717, 1.165) is 0 Å². The topological polar surface area (TPSA) is 107 Å². The molecule has 2 atom stereocenters. The number of aliphatic carboxylic acids is 1. The van der Waals surface area contributed by atoms with E-state index in [1.165, 1.54) is 28.8 Å². The number of phenols is 1. The zero-order chi connectivity index (χ0) is 18.8. The molecule has 2 aliphatic heterocycles. The van der Waals surface area contributed by atoms with E-state index in [4.69, 9.17) is 0 Å². The summed E-state index contributed by atoms with van der Waals surface area (Å²) >= 11 is 1.43. The average molecular weight is 374 g/mol. The number of allylic oxidation sites excluding steroid dienone is 1. The van der Waals surface area contributed by atoms with E-state index in [2.05, 4.69) is 11.9 Å². The summed E-state index contributed by atoms with van der Waals surface area (Å²) in [6.45, 7) is 3.62. The van der Waals surface area contributed by atoms with Gasteiger partial charge in [0.15, 0.2) is 0 Å². The van der Waals surface area contributed by atoms with Crippen LogP contribution in [0.2, 0.25) is 0 Å². The van der Waals surface area contributed by atoms with E-state index in [0.29, 0.717) is 23.3 Å². The number of rotatable bonds is 6. The number of hydrogen-bond donors (Lipinski definition) is 3. The number of nitrogens with one attached hydrogen (secondary N) is 1. The Balaban J connectivity index is 1.68. The maximum Gasteiger partial charge on any atom is 0.352 e. The van der Waals surface area contributed by atoms with Gasteiger partial charge in [-0.05, 0) is 29.7 Å². The molecule has 2 aliphatic rings. The Labute approximate surface area is 154 Å². The first-order chi connectivity index (χ1) is 12.4. The lowest BCUT2D eigenvalue weighted by atomic mass is 10.0. The molecule has 2 heterocycles. The van der Waals surface area contributed by atoms with Crippen molar-refractivity contribution in [2.24, 2.45) is 0 Å². The van der Waals surface area contributed by atoms with Crippen molar-refractivity contribution in [2.75, 3.05) is 5.75 Å². The maximum absolute atomic E-state index is 12.4. The van der Waals surface area contributed by atoms with Gasteiger partial charge in [0, 0.05) is 5.75 Å². The summed E-state index contributed by atoms with van der Waals surface area (Å²) in [4.78, 5) is 37.5. The smallest absolute Gasteiger partial charge is 0.352 e. The van der Waals surface area contributed by atoms with Gasteiger partial charge >= 0.3 is 5.97 Å². The van der Waals surface area contributed by atoms with Crippen LogP contribution in [0, 0.1) is 0 Å². The fourth-order valence-corrected chi connectivity index (χ4v) is 4.40. The minimum Gasteiger partial charge on any atom is -0.508 e. The van der Waals surface area contributed by atoms with E-state index >= 15 is 0 Å². The lowest BCUT2D eigenvalue weighted by Gasteiger charge is -2.49. The highest BCUT2D eigenvalue weighted by Crippen LogP contribution is 2.41. The first-order valence-electron chi connectivity index (χ1n) is 8.00. The molecule has 0 aliphatic carbocycles. The normalized spacial score (nSPS) is 21.7. The molecule has 8 heteroatoms. The number of thioether (sulfide) groups is 1. The Kier molecular flexibility index (Phi) is 5.03. The highest BCUT2D eigenvalue weighted by Gasteiger charge is 2.53. The second-order valence-electron chi connectivity index (χ2n) is 6.05. The van der Waals surface area contributed by atoms with E-state index in [1.54, 1.807) is 18.2 Å². The summed E-state index contributed by atoms with van der Waals surface area (Å²) in [6, 6.07) is 5.50. The Morgan fingerprint density at radius 1 is 1.35 bits per heavy atom. The van der Waals surface area contributed by atoms with Gasteiger partial charge in [-0.15, -0.1) is 18.3 Å². The SMILES string of the molecule is C=CCC1=C(C(=O)O)N2C(=O)C(NC(=O)Cc3ccc(O)cc3)[C@@H]2SC1. The maximum atomic E-state index is 12.4. The van der Waals surface area contributed by atoms with Gasteiger partial charge in [0.05, 0.1) is 6.42 Å². The van der Waals surface area contributed by atoms with Crippen LogP contribution in [0.5, 0.6) is 5.75 Å². The second kappa shape index (κ2) is 7.25. The van der Waals surface area contributed by atoms with Crippen molar-refractivity contribution in [1.82, 2.24) is 10.2 Å². The van der Waals surface area contributed by atoms with Crippen LogP contribution in [0.25, 0.3) is 0 Å². The van der Waals surface area contributed by atoms with Crippen LogP contribution in [0.15, 0.2) is 48.2 Å². The summed E-state index contributed by atoms with van der Waals surface area (Å²) < 4.78 is 0. The van der Waals surface area contributed by atoms with Crippen LogP contribution in [-0.4, -0.2) is 50.1 Å². The van der Waals surface area contributed by atoms with E-state index in [9.17, 15) is 24.6 Å². The van der Waals surface area contributed by atoms with Crippen LogP contribution < -0.4 is 5.32 Å². The largest absolute Gasteiger partial charge is 0.508 e. The standard InChI is InChI=1S/C18H18N2O5S/c1-2-3-11-9-26-17-14(16(23)20(17)15(11)18(24)25)19-13(22)8-10-4-6-12(21)7-5-10/h2,4-7,14,17,21H,1,3,8-9H2,(H,19,22)(H,24,25)/t14?,17-/m0/s1. The second-order valence-corrected chi connectivity index (χ2v) is 7.15. The molecule has 1 fully saturated rings. The zero-order valence-corrected chi connectivity index (χ0v) is 14.7. The summed E-state index contributed by atoms with van der Waals surface area (Å²) in [6.07, 6.45) is 2.09. The van der Waals surface area contributed by atoms with Crippen LogP contribution >= 0.6 is 11.8 Å². The number of aromatic hydroxyl groups is 1. The summed E-state index contributed by atoms with van der Waals surface area (Å²) in [7, 11) is 0. The van der Waals surface area contributed by atoms with Gasteiger partial charge in [0.25, 0.3) is 5.91 Å². The van der Waals surface area contributed by atoms with Crippen molar-refractivity contribution in [3.05, 3.63) is 53.8 Å². The molecule has 7 nitrogen and oxygen atoms in total. The molecule has 1 aromatic carbocycles. The zero-order valence-electron chi connectivity index (χ0n) is 13.8. The van der Waals surface area contributed by atoms with Crippen LogP contribution in [-0.2, 0) is 20.8 Å². The average Bonchev–Trinajstić information content (AvgIpc) is 2.61. The van der Waals surface area contributed by atoms with Crippen molar-refractivity contribution < 1.29 is 24.6 Å². The molecule has 3 rings (SSSR count). The van der Waals surface area contributed by atoms with Gasteiger partial charge in [-0.25, -0.2) is 4.79 Å². The van der Waals surface area contributed by atoms with E-state index in [1.807, 2.05) is 0 Å². The Morgan fingerprint density at radius 3 is 2.65 bits per heavy atom. The number of hydrogen-bond acceptors (Lipinski definition) is 5. The predicted octanol–water partition coefficient (Wildman–Crippen LogP) is 1.25. The first-order valence-corrected chi connectivity index (χ1v) is 9.05. The van der Waals surface area contributed by atoms with Gasteiger partial charge < -0.3 is 15.5 Å². The highest BCUT2D eigenvalue weighted by molar-refractivity contribution is 8.00. The van der Waals surface area contributed by atoms with Gasteiger partial charge in [0.2, 0.25) is 5.91 Å². The molecule has 2 amide bonds. The van der Waals surface area contributed by atoms with Gasteiger partial charge in [-0.3, -0.25) is 14.5 Å². The molecule has 3 N–H and O–H groups in total. The van der Waals surface area contributed by atoms with Crippen molar-refractivity contribution in [3.63, 3.8) is 0 Å². The molecule has 0 radical (unpaired) electrons. The van der Waals surface area contributed by atoms with Crippen molar-refractivity contribution >= 4 is 29.5 Å². The molecular weight excluding hydrogens is 356 g/mol. The number of carbonyl (C=O) groups excluding carboxylic acids is 2. The molecule has 136 valence electrons. The fraction of sp³-hybridized carbons (Fsp3) is 0.278. The Morgan fingerprint density at radius 2 is 2.04 bits per heavy atom. The molecule has 1 aromatic rings. The number of fused-ring (bicyclic) bond motifs is 1. The van der Waals surface area contributed by atoms with Crippen molar-refractivity contribution in [3.8, 4) is 5.75 Å². The third-order valence-electron chi connectivity index (χ3n) is 4.26. The lowest BCUT2D eigenvalue weighted by molar-refractivity contribution is -0.150. The third-order valence-corrected chi connectivity index (χ3v) is 5.60. The van der Waals surface area contributed by atoms with Crippen molar-refractivity contribution in [1.29, 1.82) is 0 Å². The molecule has 1 unspecified atom stereocenters. The third kappa shape index (κ3) is 3.32. The number of β-lactam (4-membered cyclic amide) rings is 1. The fourth-order valence-electron chi connectivity index (χ4n) is 3.04. The summed E-state index contributed by atoms with van der Waals surface area (Å²) in [5, 5.41) is 21.0. The highest BCUT2D eigenvalue weighted by atomic mass is 32.2. The Bertz CT molecular complexity index is 802. The minimum atomic E-state index is -1.14. The molecule has 0 bridgehead atoms. The molecule has 26 heavy (non-hydrogen) atoms. The first kappa shape index (κ1) is 18.1. The molecule has 0 aromatic heterocycles. The van der Waals surface area contributed by atoms with Crippen LogP contribution in [0.1, 0.15) is 12.0 Å². The number of phenolic OH excluding ortho intramolecular Hbond substituents is 1. The Hall–Kier alpha value is -2.74. The van der Waals surface area contributed by atoms with Crippen LogP contribution in [0.3, 0.4) is 0 Å². The summed E-state index contributed by atoms with van der Waals surface area (Å²) in [5.41, 5.74) is 1.36. The van der Waals surface area contributed by atoms with Gasteiger partial charge in [-0.2, -0.15) is 0 Å². The minimum absolute atomic E-state index is 0.00248. The number of carbonyl (C=O) groups is 3. The van der Waals surface area contributed by atoms with Crippen molar-refractivity contribution in [2.45, 2.75) is 24.3 Å². The quantitative estimate of drug-likeness (QED) is 0.511. The molecular formula is C18H18N2O5S. The van der Waals surface area contributed by atoms with Gasteiger partial charge in [-0.1, -0.05) is 18.2 Å². The predicted molar refractivity (Wildman–Crippen MR) is 96.3 cm³/mol. The van der Waals surface area contributed by atoms with Gasteiger partial charge in [0.1, 0.15) is 22.9 Å².